The van der Waals surface area contributed by atoms with Crippen LogP contribution in [-0.2, 0) is 14.1 Å². The predicted octanol–water partition coefficient (Wildman–Crippen LogP) is 0.966. The zero-order chi connectivity index (χ0) is 16.1. The van der Waals surface area contributed by atoms with E-state index in [1.54, 1.807) is 11.7 Å². The maximum atomic E-state index is 12.3. The summed E-state index contributed by atoms with van der Waals surface area (Å²) in [6, 6.07) is 1.90. The van der Waals surface area contributed by atoms with Gasteiger partial charge >= 0.3 is 0 Å². The van der Waals surface area contributed by atoms with Gasteiger partial charge in [-0.25, -0.2) is 4.98 Å². The zero-order valence-corrected chi connectivity index (χ0v) is 13.5. The second-order valence-corrected chi connectivity index (χ2v) is 6.09. The van der Waals surface area contributed by atoms with Crippen molar-refractivity contribution in [3.63, 3.8) is 0 Å². The quantitative estimate of drug-likeness (QED) is 0.762. The molecule has 1 aliphatic heterocycles. The third-order valence-electron chi connectivity index (χ3n) is 4.42. The lowest BCUT2D eigenvalue weighted by atomic mass is 10.1. The van der Waals surface area contributed by atoms with Crippen LogP contribution >= 0.6 is 0 Å². The molecule has 0 amide bonds. The Balaban J connectivity index is 1.95. The number of hydrogen-bond donors (Lipinski definition) is 1. The predicted molar refractivity (Wildman–Crippen MR) is 87.5 cm³/mol. The summed E-state index contributed by atoms with van der Waals surface area (Å²) >= 11 is 0. The first-order valence-corrected chi connectivity index (χ1v) is 7.77. The number of hydrogen-bond acceptors (Lipinski definition) is 5. The third-order valence-corrected chi connectivity index (χ3v) is 4.42. The number of pyridine rings is 1. The Labute approximate surface area is 132 Å². The molecule has 0 radical (unpaired) electrons. The maximum Gasteiger partial charge on any atom is 0.274 e. The van der Waals surface area contributed by atoms with Crippen molar-refractivity contribution < 1.29 is 0 Å². The molecule has 1 aliphatic rings. The first-order valence-electron chi connectivity index (χ1n) is 7.77. The van der Waals surface area contributed by atoms with Crippen LogP contribution in [-0.4, -0.2) is 42.6 Å². The summed E-state index contributed by atoms with van der Waals surface area (Å²) in [5, 5.41) is 12.0. The Hall–Kier alpha value is -2.64. The van der Waals surface area contributed by atoms with E-state index >= 15 is 0 Å². The van der Waals surface area contributed by atoms with Crippen LogP contribution in [0.4, 0.5) is 5.95 Å². The van der Waals surface area contributed by atoms with Gasteiger partial charge in [-0.15, -0.1) is 10.2 Å². The fourth-order valence-electron chi connectivity index (χ4n) is 3.31. The Bertz CT molecular complexity index is 943. The number of aromatic amines is 1. The molecule has 120 valence electrons. The SMILES string of the molecule is Cc1cc(-c2nnc(N3CCCC3)n2C)c2c(=O)[nH]n(C)c2n1. The van der Waals surface area contributed by atoms with E-state index in [0.717, 1.165) is 30.3 Å². The number of rotatable bonds is 2. The third kappa shape index (κ3) is 2.05. The summed E-state index contributed by atoms with van der Waals surface area (Å²) < 4.78 is 3.61. The van der Waals surface area contributed by atoms with Gasteiger partial charge in [0.05, 0.1) is 5.39 Å². The van der Waals surface area contributed by atoms with E-state index in [-0.39, 0.29) is 5.56 Å². The average molecular weight is 313 g/mol. The number of nitrogens with zero attached hydrogens (tertiary/aromatic N) is 6. The smallest absolute Gasteiger partial charge is 0.274 e. The number of fused-ring (bicyclic) bond motifs is 1. The Morgan fingerprint density at radius 3 is 2.65 bits per heavy atom. The van der Waals surface area contributed by atoms with Crippen LogP contribution in [0.1, 0.15) is 18.5 Å². The van der Waals surface area contributed by atoms with Crippen LogP contribution in [0.25, 0.3) is 22.4 Å². The lowest BCUT2D eigenvalue weighted by Crippen LogP contribution is -2.21. The van der Waals surface area contributed by atoms with Crippen LogP contribution < -0.4 is 10.5 Å². The van der Waals surface area contributed by atoms with Gasteiger partial charge in [-0.3, -0.25) is 19.1 Å². The highest BCUT2D eigenvalue weighted by atomic mass is 16.1. The van der Waals surface area contributed by atoms with Crippen molar-refractivity contribution in [1.82, 2.24) is 29.5 Å². The number of aryl methyl sites for hydroxylation is 2. The maximum absolute atomic E-state index is 12.3. The van der Waals surface area contributed by atoms with Crippen molar-refractivity contribution in [1.29, 1.82) is 0 Å². The standard InChI is InChI=1S/C15H19N7O/c1-9-8-10(11-13(16-9)21(3)19-14(11)23)12-17-18-15(20(12)2)22-6-4-5-7-22/h8H,4-7H2,1-3H3,(H,19,23). The molecule has 3 aromatic rings. The average Bonchev–Trinajstić information content (AvgIpc) is 3.20. The minimum atomic E-state index is -0.157. The van der Waals surface area contributed by atoms with Crippen molar-refractivity contribution in [3.05, 3.63) is 22.1 Å². The minimum Gasteiger partial charge on any atom is -0.341 e. The van der Waals surface area contributed by atoms with Crippen molar-refractivity contribution >= 4 is 17.0 Å². The molecular weight excluding hydrogens is 294 g/mol. The second kappa shape index (κ2) is 4.94. The number of H-pyrrole nitrogens is 1. The molecule has 0 atom stereocenters. The Morgan fingerprint density at radius 1 is 1.17 bits per heavy atom. The van der Waals surface area contributed by atoms with Crippen LogP contribution in [0, 0.1) is 6.92 Å². The van der Waals surface area contributed by atoms with Gasteiger partial charge < -0.3 is 4.90 Å². The summed E-state index contributed by atoms with van der Waals surface area (Å²) in [4.78, 5) is 19.0. The number of aromatic nitrogens is 6. The largest absolute Gasteiger partial charge is 0.341 e. The van der Waals surface area contributed by atoms with Crippen LogP contribution in [0.15, 0.2) is 10.9 Å². The first kappa shape index (κ1) is 14.0. The van der Waals surface area contributed by atoms with Crippen LogP contribution in [0.5, 0.6) is 0 Å². The van der Waals surface area contributed by atoms with Gasteiger partial charge in [-0.1, -0.05) is 0 Å². The zero-order valence-electron chi connectivity index (χ0n) is 13.5. The molecule has 1 saturated heterocycles. The van der Waals surface area contributed by atoms with E-state index in [1.807, 2.05) is 24.6 Å². The van der Waals surface area contributed by atoms with E-state index < -0.39 is 0 Å². The molecule has 23 heavy (non-hydrogen) atoms. The first-order chi connectivity index (χ1) is 11.1. The van der Waals surface area contributed by atoms with Crippen molar-refractivity contribution in [3.8, 4) is 11.4 Å². The highest BCUT2D eigenvalue weighted by Crippen LogP contribution is 2.28. The van der Waals surface area contributed by atoms with Crippen molar-refractivity contribution in [2.75, 3.05) is 18.0 Å². The van der Waals surface area contributed by atoms with Gasteiger partial charge in [0.1, 0.15) is 0 Å². The van der Waals surface area contributed by atoms with E-state index in [1.165, 1.54) is 12.8 Å². The minimum absolute atomic E-state index is 0.157. The molecule has 0 aliphatic carbocycles. The fraction of sp³-hybridized carbons (Fsp3) is 0.467. The van der Waals surface area contributed by atoms with Gasteiger partial charge in [0.25, 0.3) is 5.56 Å². The molecule has 0 saturated carbocycles. The summed E-state index contributed by atoms with van der Waals surface area (Å²) in [5.41, 5.74) is 2.09. The van der Waals surface area contributed by atoms with Gasteiger partial charge in [0.15, 0.2) is 11.5 Å². The Morgan fingerprint density at radius 2 is 1.91 bits per heavy atom. The molecular formula is C15H19N7O. The highest BCUT2D eigenvalue weighted by molar-refractivity contribution is 5.90. The molecule has 3 aromatic heterocycles. The van der Waals surface area contributed by atoms with Crippen LogP contribution in [0.2, 0.25) is 0 Å². The number of anilines is 1. The highest BCUT2D eigenvalue weighted by Gasteiger charge is 2.22. The summed E-state index contributed by atoms with van der Waals surface area (Å²) in [6.07, 6.45) is 2.36. The molecule has 4 heterocycles. The summed E-state index contributed by atoms with van der Waals surface area (Å²) in [7, 11) is 3.73. The molecule has 0 spiro atoms. The van der Waals surface area contributed by atoms with Crippen LogP contribution in [0.3, 0.4) is 0 Å². The molecule has 8 nitrogen and oxygen atoms in total. The lowest BCUT2D eigenvalue weighted by Gasteiger charge is -2.15. The molecule has 0 aromatic carbocycles. The molecule has 8 heteroatoms. The lowest BCUT2D eigenvalue weighted by molar-refractivity contribution is 0.772. The van der Waals surface area contributed by atoms with Gasteiger partial charge in [0.2, 0.25) is 5.95 Å². The monoisotopic (exact) mass is 313 g/mol. The van der Waals surface area contributed by atoms with E-state index in [9.17, 15) is 4.79 Å². The molecule has 0 bridgehead atoms. The second-order valence-electron chi connectivity index (χ2n) is 6.09. The van der Waals surface area contributed by atoms with Crippen molar-refractivity contribution in [2.24, 2.45) is 14.1 Å². The fourth-order valence-corrected chi connectivity index (χ4v) is 3.31. The Kier molecular flexibility index (Phi) is 3.00. The molecule has 0 unspecified atom stereocenters. The molecule has 1 N–H and O–H groups in total. The summed E-state index contributed by atoms with van der Waals surface area (Å²) in [6.45, 7) is 3.92. The van der Waals surface area contributed by atoms with E-state index in [2.05, 4.69) is 25.2 Å². The van der Waals surface area contributed by atoms with Gasteiger partial charge in [0, 0.05) is 38.4 Å². The molecule has 1 fully saturated rings. The van der Waals surface area contributed by atoms with Gasteiger partial charge in [-0.05, 0) is 25.8 Å². The normalized spacial score (nSPS) is 15.0. The van der Waals surface area contributed by atoms with Crippen molar-refractivity contribution in [2.45, 2.75) is 19.8 Å². The molecule has 4 rings (SSSR count). The number of nitrogens with one attached hydrogen (secondary N) is 1. The van der Waals surface area contributed by atoms with E-state index in [4.69, 9.17) is 0 Å². The van der Waals surface area contributed by atoms with Gasteiger partial charge in [-0.2, -0.15) is 0 Å². The topological polar surface area (TPSA) is 84.6 Å². The van der Waals surface area contributed by atoms with E-state index in [0.29, 0.717) is 16.9 Å². The summed E-state index contributed by atoms with van der Waals surface area (Å²) in [5.74, 6) is 1.55.